The number of urea groups is 1. The van der Waals surface area contributed by atoms with E-state index in [0.717, 1.165) is 55.9 Å². The molecule has 0 radical (unpaired) electrons. The molecule has 1 unspecified atom stereocenters. The summed E-state index contributed by atoms with van der Waals surface area (Å²) in [5, 5.41) is 23.4. The lowest BCUT2D eigenvalue weighted by molar-refractivity contribution is 0.235. The third kappa shape index (κ3) is 3.27. The van der Waals surface area contributed by atoms with Crippen molar-refractivity contribution in [3.8, 4) is 6.07 Å². The zero-order valence-corrected chi connectivity index (χ0v) is 14.7. The van der Waals surface area contributed by atoms with E-state index in [0.29, 0.717) is 18.5 Å². The first-order valence-corrected chi connectivity index (χ1v) is 9.23. The van der Waals surface area contributed by atoms with Crippen LogP contribution < -0.4 is 10.6 Å². The zero-order valence-electron chi connectivity index (χ0n) is 14.7. The molecule has 1 aliphatic heterocycles. The van der Waals surface area contributed by atoms with Gasteiger partial charge in [-0.25, -0.2) is 4.79 Å². The van der Waals surface area contributed by atoms with Gasteiger partial charge in [0.05, 0.1) is 17.7 Å². The van der Waals surface area contributed by atoms with Gasteiger partial charge in [-0.2, -0.15) is 5.26 Å². The van der Waals surface area contributed by atoms with Gasteiger partial charge in [-0.3, -0.25) is 0 Å². The first-order valence-electron chi connectivity index (χ1n) is 9.23. The Kier molecular flexibility index (Phi) is 4.57. The lowest BCUT2D eigenvalue weighted by atomic mass is 9.87. The number of aromatic nitrogens is 3. The largest absolute Gasteiger partial charge is 0.338 e. The molecule has 0 saturated heterocycles. The molecule has 0 saturated carbocycles. The number of hydrogen-bond acceptors (Lipinski definition) is 4. The highest BCUT2D eigenvalue weighted by Gasteiger charge is 2.22. The minimum absolute atomic E-state index is 0.00355. The van der Waals surface area contributed by atoms with Crippen LogP contribution in [-0.2, 0) is 25.8 Å². The summed E-state index contributed by atoms with van der Waals surface area (Å²) in [4.78, 5) is 12.3. The average molecular weight is 350 g/mol. The molecule has 134 valence electrons. The number of benzene rings is 1. The Balaban J connectivity index is 1.32. The first-order chi connectivity index (χ1) is 12.7. The maximum atomic E-state index is 12.3. The molecule has 2 heterocycles. The Bertz CT molecular complexity index is 865. The van der Waals surface area contributed by atoms with E-state index in [4.69, 9.17) is 5.26 Å². The van der Waals surface area contributed by atoms with Crippen molar-refractivity contribution in [3.63, 3.8) is 0 Å². The Hall–Kier alpha value is -2.88. The second kappa shape index (κ2) is 7.16. The van der Waals surface area contributed by atoms with E-state index in [1.54, 1.807) is 0 Å². The minimum Gasteiger partial charge on any atom is -0.338 e. The van der Waals surface area contributed by atoms with E-state index in [2.05, 4.69) is 31.5 Å². The van der Waals surface area contributed by atoms with Crippen LogP contribution >= 0.6 is 0 Å². The third-order valence-corrected chi connectivity index (χ3v) is 5.21. The van der Waals surface area contributed by atoms with Crippen molar-refractivity contribution in [1.82, 2.24) is 25.4 Å². The molecular weight excluding hydrogens is 328 g/mol. The predicted octanol–water partition coefficient (Wildman–Crippen LogP) is 2.02. The van der Waals surface area contributed by atoms with Crippen LogP contribution in [-0.4, -0.2) is 27.3 Å². The van der Waals surface area contributed by atoms with Gasteiger partial charge in [0, 0.05) is 25.9 Å². The van der Waals surface area contributed by atoms with Crippen molar-refractivity contribution < 1.29 is 4.79 Å². The average Bonchev–Trinajstić information content (AvgIpc) is 3.26. The summed E-state index contributed by atoms with van der Waals surface area (Å²) in [5.41, 5.74) is 2.97. The summed E-state index contributed by atoms with van der Waals surface area (Å²) in [5.74, 6) is 2.00. The van der Waals surface area contributed by atoms with Crippen LogP contribution in [0.5, 0.6) is 0 Å². The van der Waals surface area contributed by atoms with Crippen molar-refractivity contribution in [1.29, 1.82) is 5.26 Å². The van der Waals surface area contributed by atoms with Gasteiger partial charge in [0.25, 0.3) is 0 Å². The van der Waals surface area contributed by atoms with E-state index >= 15 is 0 Å². The minimum atomic E-state index is -0.159. The molecule has 26 heavy (non-hydrogen) atoms. The van der Waals surface area contributed by atoms with Crippen LogP contribution in [0.3, 0.4) is 0 Å². The van der Waals surface area contributed by atoms with Crippen LogP contribution in [0.25, 0.3) is 0 Å². The molecule has 1 atom stereocenters. The molecule has 7 heteroatoms. The van der Waals surface area contributed by atoms with Gasteiger partial charge >= 0.3 is 6.03 Å². The fraction of sp³-hybridized carbons (Fsp3) is 0.474. The van der Waals surface area contributed by atoms with Gasteiger partial charge in [0.2, 0.25) is 0 Å². The molecule has 2 N–H and O–H groups in total. The monoisotopic (exact) mass is 350 g/mol. The second-order valence-corrected chi connectivity index (χ2v) is 6.91. The molecule has 2 aliphatic rings. The van der Waals surface area contributed by atoms with Gasteiger partial charge in [0.1, 0.15) is 11.6 Å². The molecule has 4 rings (SSSR count). The fourth-order valence-electron chi connectivity index (χ4n) is 3.93. The molecule has 0 fully saturated rings. The number of amides is 2. The van der Waals surface area contributed by atoms with E-state index < -0.39 is 0 Å². The highest BCUT2D eigenvalue weighted by molar-refractivity contribution is 5.74. The number of rotatable bonds is 4. The second-order valence-electron chi connectivity index (χ2n) is 6.91. The van der Waals surface area contributed by atoms with Crippen molar-refractivity contribution in [2.24, 2.45) is 0 Å². The van der Waals surface area contributed by atoms with Crippen molar-refractivity contribution in [2.75, 3.05) is 6.54 Å². The maximum Gasteiger partial charge on any atom is 0.315 e. The van der Waals surface area contributed by atoms with Gasteiger partial charge in [-0.1, -0.05) is 6.07 Å². The molecule has 7 nitrogen and oxygen atoms in total. The number of nitrogens with zero attached hydrogens (tertiary/aromatic N) is 4. The summed E-state index contributed by atoms with van der Waals surface area (Å²) >= 11 is 0. The lowest BCUT2D eigenvalue weighted by Crippen LogP contribution is -2.40. The molecule has 1 aliphatic carbocycles. The van der Waals surface area contributed by atoms with Crippen molar-refractivity contribution in [3.05, 3.63) is 46.5 Å². The number of fused-ring (bicyclic) bond motifs is 2. The van der Waals surface area contributed by atoms with E-state index in [1.807, 2.05) is 18.2 Å². The molecule has 0 spiro atoms. The third-order valence-electron chi connectivity index (χ3n) is 5.21. The van der Waals surface area contributed by atoms with Gasteiger partial charge in [-0.15, -0.1) is 10.2 Å². The van der Waals surface area contributed by atoms with E-state index in [-0.39, 0.29) is 12.1 Å². The number of carbonyl (C=O) groups is 1. The molecular formula is C19H22N6O. The Morgan fingerprint density at radius 1 is 1.31 bits per heavy atom. The number of nitrogens with one attached hydrogen (secondary N) is 2. The topological polar surface area (TPSA) is 95.6 Å². The van der Waals surface area contributed by atoms with Crippen LogP contribution in [0.1, 0.15) is 53.6 Å². The SMILES string of the molecule is N#Cc1ccc2c(c1)CCCC2NC(=O)NCCc1nnc2n1CCC2. The van der Waals surface area contributed by atoms with Crippen LogP contribution in [0.4, 0.5) is 4.79 Å². The van der Waals surface area contributed by atoms with Crippen LogP contribution in [0, 0.1) is 11.3 Å². The van der Waals surface area contributed by atoms with Crippen molar-refractivity contribution >= 4 is 6.03 Å². The summed E-state index contributed by atoms with van der Waals surface area (Å²) < 4.78 is 2.16. The quantitative estimate of drug-likeness (QED) is 0.882. The highest BCUT2D eigenvalue weighted by Crippen LogP contribution is 2.30. The Morgan fingerprint density at radius 3 is 3.12 bits per heavy atom. The highest BCUT2D eigenvalue weighted by atomic mass is 16.2. The van der Waals surface area contributed by atoms with Gasteiger partial charge in [-0.05, 0) is 48.9 Å². The number of nitriles is 1. The summed E-state index contributed by atoms with van der Waals surface area (Å²) in [6.45, 7) is 1.52. The smallest absolute Gasteiger partial charge is 0.315 e. The number of aryl methyl sites for hydroxylation is 2. The molecule has 1 aromatic carbocycles. The molecule has 0 bridgehead atoms. The van der Waals surface area contributed by atoms with Crippen LogP contribution in [0.2, 0.25) is 0 Å². The van der Waals surface area contributed by atoms with Crippen molar-refractivity contribution in [2.45, 2.75) is 51.1 Å². The molecule has 2 amide bonds. The lowest BCUT2D eigenvalue weighted by Gasteiger charge is -2.26. The number of carbonyl (C=O) groups excluding carboxylic acids is 1. The number of hydrogen-bond donors (Lipinski definition) is 2. The van der Waals surface area contributed by atoms with E-state index in [1.165, 1.54) is 5.56 Å². The Morgan fingerprint density at radius 2 is 2.23 bits per heavy atom. The van der Waals surface area contributed by atoms with Crippen LogP contribution in [0.15, 0.2) is 18.2 Å². The molecule has 2 aromatic rings. The fourth-order valence-corrected chi connectivity index (χ4v) is 3.93. The van der Waals surface area contributed by atoms with E-state index in [9.17, 15) is 4.79 Å². The predicted molar refractivity (Wildman–Crippen MR) is 95.4 cm³/mol. The summed E-state index contributed by atoms with van der Waals surface area (Å²) in [6.07, 6.45) is 5.70. The normalized spacial score (nSPS) is 17.9. The summed E-state index contributed by atoms with van der Waals surface area (Å²) in [7, 11) is 0. The Labute approximate surface area is 152 Å². The first kappa shape index (κ1) is 16.6. The summed E-state index contributed by atoms with van der Waals surface area (Å²) in [6, 6.07) is 7.75. The maximum absolute atomic E-state index is 12.3. The van der Waals surface area contributed by atoms with Gasteiger partial charge < -0.3 is 15.2 Å². The molecule has 1 aromatic heterocycles. The standard InChI is InChI=1S/C19H22N6O/c20-12-13-6-7-15-14(11-13)3-1-4-16(15)22-19(26)21-9-8-18-24-23-17-5-2-10-25(17)18/h6-7,11,16H,1-5,8-10H2,(H2,21,22,26). The van der Waals surface area contributed by atoms with Gasteiger partial charge in [0.15, 0.2) is 0 Å². The zero-order chi connectivity index (χ0) is 17.9.